The van der Waals surface area contributed by atoms with Gasteiger partial charge in [-0.15, -0.1) is 24.0 Å². The molecule has 0 aliphatic carbocycles. The molecule has 0 aromatic heterocycles. The zero-order valence-corrected chi connectivity index (χ0v) is 20.0. The molecule has 28 heavy (non-hydrogen) atoms. The molecule has 2 saturated heterocycles. The van der Waals surface area contributed by atoms with E-state index in [9.17, 15) is 4.79 Å². The summed E-state index contributed by atoms with van der Waals surface area (Å²) in [5.74, 6) is 1.83. The SMILES string of the molecule is CN=C(NCCOc1ccc(Br)cc1)N1CCN(C(=O)C2CCCO2)CC1.I. The van der Waals surface area contributed by atoms with Gasteiger partial charge in [-0.1, -0.05) is 15.9 Å². The minimum absolute atomic E-state index is 0. The van der Waals surface area contributed by atoms with Gasteiger partial charge >= 0.3 is 0 Å². The van der Waals surface area contributed by atoms with E-state index in [0.29, 0.717) is 32.8 Å². The van der Waals surface area contributed by atoms with E-state index in [4.69, 9.17) is 9.47 Å². The molecular formula is C19H28BrIN4O3. The van der Waals surface area contributed by atoms with Crippen molar-refractivity contribution in [3.8, 4) is 5.75 Å². The van der Waals surface area contributed by atoms with E-state index >= 15 is 0 Å². The van der Waals surface area contributed by atoms with Gasteiger partial charge in [-0.05, 0) is 37.1 Å². The molecule has 0 saturated carbocycles. The van der Waals surface area contributed by atoms with Crippen LogP contribution in [-0.2, 0) is 9.53 Å². The Kier molecular flexibility index (Phi) is 9.80. The van der Waals surface area contributed by atoms with Crippen LogP contribution in [0.4, 0.5) is 0 Å². The first-order valence-electron chi connectivity index (χ1n) is 9.42. The van der Waals surface area contributed by atoms with Crippen LogP contribution in [0, 0.1) is 0 Å². The summed E-state index contributed by atoms with van der Waals surface area (Å²) < 4.78 is 12.3. The largest absolute Gasteiger partial charge is 0.492 e. The average molecular weight is 567 g/mol. The van der Waals surface area contributed by atoms with Crippen molar-refractivity contribution in [1.29, 1.82) is 0 Å². The van der Waals surface area contributed by atoms with Crippen molar-refractivity contribution in [1.82, 2.24) is 15.1 Å². The molecule has 0 bridgehead atoms. The van der Waals surface area contributed by atoms with E-state index in [2.05, 4.69) is 31.1 Å². The lowest BCUT2D eigenvalue weighted by Gasteiger charge is -2.37. The molecule has 0 spiro atoms. The van der Waals surface area contributed by atoms with Crippen molar-refractivity contribution in [3.05, 3.63) is 28.7 Å². The number of nitrogens with zero attached hydrogens (tertiary/aromatic N) is 3. The summed E-state index contributed by atoms with van der Waals surface area (Å²) in [5.41, 5.74) is 0. The van der Waals surface area contributed by atoms with Crippen LogP contribution < -0.4 is 10.1 Å². The first-order chi connectivity index (χ1) is 13.2. The Hall–Kier alpha value is -1.07. The van der Waals surface area contributed by atoms with E-state index in [0.717, 1.165) is 42.1 Å². The van der Waals surface area contributed by atoms with E-state index in [1.165, 1.54) is 0 Å². The highest BCUT2D eigenvalue weighted by Crippen LogP contribution is 2.17. The van der Waals surface area contributed by atoms with Gasteiger partial charge in [-0.3, -0.25) is 9.79 Å². The van der Waals surface area contributed by atoms with Crippen molar-refractivity contribution >= 4 is 51.8 Å². The Bertz CT molecular complexity index is 645. The molecule has 7 nitrogen and oxygen atoms in total. The molecule has 3 rings (SSSR count). The van der Waals surface area contributed by atoms with Crippen molar-refractivity contribution in [2.24, 2.45) is 4.99 Å². The van der Waals surface area contributed by atoms with Crippen LogP contribution in [0.5, 0.6) is 5.75 Å². The lowest BCUT2D eigenvalue weighted by molar-refractivity contribution is -0.142. The normalized spacial score (nSPS) is 19.9. The quantitative estimate of drug-likeness (QED) is 0.256. The van der Waals surface area contributed by atoms with E-state index < -0.39 is 0 Å². The molecule has 2 heterocycles. The van der Waals surface area contributed by atoms with Crippen molar-refractivity contribution in [2.45, 2.75) is 18.9 Å². The van der Waals surface area contributed by atoms with Crippen LogP contribution in [0.25, 0.3) is 0 Å². The van der Waals surface area contributed by atoms with Gasteiger partial charge in [0.1, 0.15) is 18.5 Å². The van der Waals surface area contributed by atoms with E-state index in [-0.39, 0.29) is 36.0 Å². The number of benzene rings is 1. The van der Waals surface area contributed by atoms with Crippen LogP contribution >= 0.6 is 39.9 Å². The zero-order valence-electron chi connectivity index (χ0n) is 16.1. The molecular weight excluding hydrogens is 539 g/mol. The Labute approximate surface area is 192 Å². The standard InChI is InChI=1S/C19H27BrN4O3.HI/c1-21-19(22-8-14-26-16-6-4-15(20)5-7-16)24-11-9-23(10-12-24)18(25)17-3-2-13-27-17;/h4-7,17H,2-3,8-14H2,1H3,(H,21,22);1H. The number of halogens is 2. The third-order valence-electron chi connectivity index (χ3n) is 4.78. The maximum Gasteiger partial charge on any atom is 0.251 e. The predicted molar refractivity (Wildman–Crippen MR) is 124 cm³/mol. The van der Waals surface area contributed by atoms with Crippen LogP contribution in [0.3, 0.4) is 0 Å². The average Bonchev–Trinajstić information content (AvgIpc) is 3.24. The fraction of sp³-hybridized carbons (Fsp3) is 0.579. The number of hydrogen-bond donors (Lipinski definition) is 1. The minimum atomic E-state index is -0.232. The van der Waals surface area contributed by atoms with Gasteiger partial charge in [-0.2, -0.15) is 0 Å². The molecule has 1 aromatic rings. The number of carbonyl (C=O) groups excluding carboxylic acids is 1. The summed E-state index contributed by atoms with van der Waals surface area (Å²) in [5, 5.41) is 3.33. The van der Waals surface area contributed by atoms with Crippen LogP contribution in [0.2, 0.25) is 0 Å². The highest BCUT2D eigenvalue weighted by molar-refractivity contribution is 14.0. The number of hydrogen-bond acceptors (Lipinski definition) is 4. The van der Waals surface area contributed by atoms with Gasteiger partial charge in [0, 0.05) is 44.3 Å². The number of guanidine groups is 1. The number of carbonyl (C=O) groups is 1. The Morgan fingerprint density at radius 3 is 2.54 bits per heavy atom. The Morgan fingerprint density at radius 2 is 1.93 bits per heavy atom. The number of nitrogens with one attached hydrogen (secondary N) is 1. The smallest absolute Gasteiger partial charge is 0.251 e. The third-order valence-corrected chi connectivity index (χ3v) is 5.30. The molecule has 1 unspecified atom stereocenters. The van der Waals surface area contributed by atoms with E-state index in [1.54, 1.807) is 7.05 Å². The fourth-order valence-electron chi connectivity index (χ4n) is 3.31. The third kappa shape index (κ3) is 6.48. The first-order valence-corrected chi connectivity index (χ1v) is 10.2. The van der Waals surface area contributed by atoms with Crippen LogP contribution in [0.1, 0.15) is 12.8 Å². The lowest BCUT2D eigenvalue weighted by Crippen LogP contribution is -2.55. The topological polar surface area (TPSA) is 66.4 Å². The number of ether oxygens (including phenoxy) is 2. The van der Waals surface area contributed by atoms with Gasteiger partial charge < -0.3 is 24.6 Å². The molecule has 2 fully saturated rings. The Balaban J connectivity index is 0.00000280. The summed E-state index contributed by atoms with van der Waals surface area (Å²) in [6, 6.07) is 7.78. The molecule has 0 radical (unpaired) electrons. The molecule has 1 atom stereocenters. The summed E-state index contributed by atoms with van der Waals surface area (Å²) in [7, 11) is 1.78. The molecule has 1 N–H and O–H groups in total. The predicted octanol–water partition coefficient (Wildman–Crippen LogP) is 2.34. The fourth-order valence-corrected chi connectivity index (χ4v) is 3.57. The highest BCUT2D eigenvalue weighted by atomic mass is 127. The maximum atomic E-state index is 12.4. The maximum absolute atomic E-state index is 12.4. The Morgan fingerprint density at radius 1 is 1.25 bits per heavy atom. The van der Waals surface area contributed by atoms with Gasteiger partial charge in [0.25, 0.3) is 5.91 Å². The highest BCUT2D eigenvalue weighted by Gasteiger charge is 2.30. The van der Waals surface area contributed by atoms with Gasteiger partial charge in [0.2, 0.25) is 0 Å². The zero-order chi connectivity index (χ0) is 19.1. The summed E-state index contributed by atoms with van der Waals surface area (Å²) in [6.45, 7) is 4.87. The molecule has 9 heteroatoms. The van der Waals surface area contributed by atoms with Crippen molar-refractivity contribution in [2.75, 3.05) is 53.0 Å². The summed E-state index contributed by atoms with van der Waals surface area (Å²) in [4.78, 5) is 20.9. The van der Waals surface area contributed by atoms with Gasteiger partial charge in [0.15, 0.2) is 5.96 Å². The molecule has 1 amide bonds. The number of rotatable bonds is 5. The number of aliphatic imine (C=N–C) groups is 1. The number of piperazine rings is 1. The lowest BCUT2D eigenvalue weighted by atomic mass is 10.2. The van der Waals surface area contributed by atoms with E-state index in [1.807, 2.05) is 29.2 Å². The van der Waals surface area contributed by atoms with Gasteiger partial charge in [-0.25, -0.2) is 0 Å². The van der Waals surface area contributed by atoms with Gasteiger partial charge in [0.05, 0.1) is 6.54 Å². The molecule has 1 aromatic carbocycles. The monoisotopic (exact) mass is 566 g/mol. The van der Waals surface area contributed by atoms with Crippen LogP contribution in [0.15, 0.2) is 33.7 Å². The molecule has 2 aliphatic heterocycles. The molecule has 156 valence electrons. The second-order valence-electron chi connectivity index (χ2n) is 6.59. The van der Waals surface area contributed by atoms with Crippen molar-refractivity contribution < 1.29 is 14.3 Å². The molecule has 2 aliphatic rings. The summed E-state index contributed by atoms with van der Waals surface area (Å²) >= 11 is 3.41. The minimum Gasteiger partial charge on any atom is -0.492 e. The van der Waals surface area contributed by atoms with Crippen molar-refractivity contribution in [3.63, 3.8) is 0 Å². The summed E-state index contributed by atoms with van der Waals surface area (Å²) in [6.07, 6.45) is 1.60. The first kappa shape index (κ1) is 23.2. The van der Waals surface area contributed by atoms with Crippen LogP contribution in [-0.4, -0.2) is 80.8 Å². The second kappa shape index (κ2) is 11.8. The number of amides is 1. The second-order valence-corrected chi connectivity index (χ2v) is 7.51.